The summed E-state index contributed by atoms with van der Waals surface area (Å²) in [5.41, 5.74) is 0.448. The third-order valence-corrected chi connectivity index (χ3v) is 4.98. The van der Waals surface area contributed by atoms with Gasteiger partial charge in [0.1, 0.15) is 19.0 Å². The van der Waals surface area contributed by atoms with Crippen LogP contribution in [-0.2, 0) is 21.0 Å². The number of aromatic nitrogens is 1. The van der Waals surface area contributed by atoms with E-state index in [0.29, 0.717) is 29.8 Å². The number of para-hydroxylation sites is 1. The standard InChI is InChI=1S/C23H28N2O4/c1-16(2)14-28-24-13-19-21(23(19,3)4)22(26)27-15-17-9-8-12-20(25-17)29-18-10-6-5-7-11-18/h5-13,16,19,21H,14-15H2,1-4H3/b24-13+. The third kappa shape index (κ3) is 5.56. The van der Waals surface area contributed by atoms with Crippen LogP contribution in [0.3, 0.4) is 0 Å². The van der Waals surface area contributed by atoms with Gasteiger partial charge in [-0.1, -0.05) is 57.1 Å². The first-order valence-electron chi connectivity index (χ1n) is 9.89. The maximum absolute atomic E-state index is 12.5. The molecular weight excluding hydrogens is 368 g/mol. The molecule has 0 spiro atoms. The van der Waals surface area contributed by atoms with E-state index in [1.165, 1.54) is 0 Å². The molecule has 154 valence electrons. The van der Waals surface area contributed by atoms with E-state index >= 15 is 0 Å². The number of benzene rings is 1. The van der Waals surface area contributed by atoms with Crippen LogP contribution in [-0.4, -0.2) is 23.8 Å². The molecule has 6 nitrogen and oxygen atoms in total. The van der Waals surface area contributed by atoms with Crippen molar-refractivity contribution < 1.29 is 19.1 Å². The highest BCUT2D eigenvalue weighted by molar-refractivity contribution is 5.85. The Bertz CT molecular complexity index is 849. The largest absolute Gasteiger partial charge is 0.459 e. The van der Waals surface area contributed by atoms with E-state index in [-0.39, 0.29) is 29.8 Å². The van der Waals surface area contributed by atoms with Crippen molar-refractivity contribution in [1.82, 2.24) is 4.98 Å². The van der Waals surface area contributed by atoms with Gasteiger partial charge in [0.15, 0.2) is 0 Å². The molecule has 2 atom stereocenters. The highest BCUT2D eigenvalue weighted by atomic mass is 16.6. The molecule has 1 fully saturated rings. The van der Waals surface area contributed by atoms with Gasteiger partial charge in [-0.25, -0.2) is 4.98 Å². The third-order valence-electron chi connectivity index (χ3n) is 4.98. The Morgan fingerprint density at radius 3 is 2.66 bits per heavy atom. The molecule has 0 aliphatic heterocycles. The molecule has 0 radical (unpaired) electrons. The van der Waals surface area contributed by atoms with Crippen LogP contribution in [0.15, 0.2) is 53.7 Å². The average Bonchev–Trinajstić information content (AvgIpc) is 3.25. The van der Waals surface area contributed by atoms with Crippen molar-refractivity contribution in [3.05, 3.63) is 54.2 Å². The van der Waals surface area contributed by atoms with Crippen molar-refractivity contribution in [2.24, 2.45) is 28.3 Å². The SMILES string of the molecule is CC(C)CO/N=C/C1C(C(=O)OCc2cccc(Oc3ccccc3)n2)C1(C)C. The summed E-state index contributed by atoms with van der Waals surface area (Å²) in [5.74, 6) is 1.13. The second-order valence-electron chi connectivity index (χ2n) is 8.26. The lowest BCUT2D eigenvalue weighted by atomic mass is 10.1. The van der Waals surface area contributed by atoms with Crippen LogP contribution >= 0.6 is 0 Å². The Labute approximate surface area is 171 Å². The van der Waals surface area contributed by atoms with Gasteiger partial charge in [0.25, 0.3) is 0 Å². The first-order valence-corrected chi connectivity index (χ1v) is 9.89. The molecule has 1 saturated carbocycles. The molecule has 0 saturated heterocycles. The van der Waals surface area contributed by atoms with E-state index in [9.17, 15) is 4.79 Å². The topological polar surface area (TPSA) is 70.0 Å². The summed E-state index contributed by atoms with van der Waals surface area (Å²) in [6.45, 7) is 8.85. The molecule has 3 rings (SSSR count). The normalized spacial score (nSPS) is 19.9. The molecule has 1 aromatic heterocycles. The number of pyridine rings is 1. The number of ether oxygens (including phenoxy) is 2. The lowest BCUT2D eigenvalue weighted by molar-refractivity contribution is -0.147. The molecular formula is C23H28N2O4. The Morgan fingerprint density at radius 1 is 1.17 bits per heavy atom. The maximum Gasteiger partial charge on any atom is 0.310 e. The molecule has 1 aliphatic rings. The summed E-state index contributed by atoms with van der Waals surface area (Å²) < 4.78 is 11.2. The predicted molar refractivity (Wildman–Crippen MR) is 111 cm³/mol. The second-order valence-corrected chi connectivity index (χ2v) is 8.26. The number of rotatable bonds is 9. The van der Waals surface area contributed by atoms with Gasteiger partial charge in [0.05, 0.1) is 11.6 Å². The zero-order chi connectivity index (χ0) is 20.9. The van der Waals surface area contributed by atoms with Crippen molar-refractivity contribution in [2.75, 3.05) is 6.61 Å². The summed E-state index contributed by atoms with van der Waals surface area (Å²) in [4.78, 5) is 22.2. The number of carbonyl (C=O) groups excluding carboxylic acids is 1. The van der Waals surface area contributed by atoms with Crippen LogP contribution in [0.2, 0.25) is 0 Å². The summed E-state index contributed by atoms with van der Waals surface area (Å²) in [5, 5.41) is 4.01. The first kappa shape index (κ1) is 20.8. The van der Waals surface area contributed by atoms with E-state index in [0.717, 1.165) is 0 Å². The molecule has 0 bridgehead atoms. The van der Waals surface area contributed by atoms with Crippen LogP contribution in [0.4, 0.5) is 0 Å². The lowest BCUT2D eigenvalue weighted by Crippen LogP contribution is -2.11. The van der Waals surface area contributed by atoms with Gasteiger partial charge in [-0.3, -0.25) is 4.79 Å². The van der Waals surface area contributed by atoms with Crippen LogP contribution in [0.25, 0.3) is 0 Å². The fourth-order valence-corrected chi connectivity index (χ4v) is 3.15. The lowest BCUT2D eigenvalue weighted by Gasteiger charge is -2.08. The highest BCUT2D eigenvalue weighted by Gasteiger charge is 2.62. The van der Waals surface area contributed by atoms with Gasteiger partial charge in [0.2, 0.25) is 5.88 Å². The summed E-state index contributed by atoms with van der Waals surface area (Å²) in [7, 11) is 0. The first-order chi connectivity index (χ1) is 13.9. The number of oxime groups is 1. The molecule has 1 aromatic carbocycles. The van der Waals surface area contributed by atoms with Crippen molar-refractivity contribution in [2.45, 2.75) is 34.3 Å². The Morgan fingerprint density at radius 2 is 1.93 bits per heavy atom. The molecule has 6 heteroatoms. The minimum absolute atomic E-state index is 0.0165. The van der Waals surface area contributed by atoms with E-state index < -0.39 is 0 Å². The van der Waals surface area contributed by atoms with E-state index in [1.807, 2.05) is 56.3 Å². The van der Waals surface area contributed by atoms with Gasteiger partial charge in [-0.15, -0.1) is 0 Å². The van der Waals surface area contributed by atoms with E-state index in [4.69, 9.17) is 14.3 Å². The zero-order valence-electron chi connectivity index (χ0n) is 17.4. The molecule has 1 heterocycles. The summed E-state index contributed by atoms with van der Waals surface area (Å²) >= 11 is 0. The fourth-order valence-electron chi connectivity index (χ4n) is 3.15. The summed E-state index contributed by atoms with van der Waals surface area (Å²) in [6, 6.07) is 14.8. The van der Waals surface area contributed by atoms with Gasteiger partial charge < -0.3 is 14.3 Å². The molecule has 29 heavy (non-hydrogen) atoms. The fraction of sp³-hybridized carbons (Fsp3) is 0.435. The summed E-state index contributed by atoms with van der Waals surface area (Å²) in [6.07, 6.45) is 1.72. The number of carbonyl (C=O) groups is 1. The minimum atomic E-state index is -0.244. The average molecular weight is 396 g/mol. The predicted octanol–water partition coefficient (Wildman–Crippen LogP) is 4.85. The van der Waals surface area contributed by atoms with Crippen LogP contribution < -0.4 is 4.74 Å². The molecule has 2 unspecified atom stereocenters. The highest BCUT2D eigenvalue weighted by Crippen LogP contribution is 2.57. The van der Waals surface area contributed by atoms with Crippen molar-refractivity contribution in [3.63, 3.8) is 0 Å². The maximum atomic E-state index is 12.5. The van der Waals surface area contributed by atoms with Crippen molar-refractivity contribution in [1.29, 1.82) is 0 Å². The Hall–Kier alpha value is -2.89. The monoisotopic (exact) mass is 396 g/mol. The Kier molecular flexibility index (Phi) is 6.52. The van der Waals surface area contributed by atoms with E-state index in [2.05, 4.69) is 24.0 Å². The van der Waals surface area contributed by atoms with Gasteiger partial charge in [-0.2, -0.15) is 0 Å². The number of esters is 1. The van der Waals surface area contributed by atoms with E-state index in [1.54, 1.807) is 12.3 Å². The number of nitrogens with zero attached hydrogens (tertiary/aromatic N) is 2. The van der Waals surface area contributed by atoms with Crippen molar-refractivity contribution in [3.8, 4) is 11.6 Å². The molecule has 2 aromatic rings. The zero-order valence-corrected chi connectivity index (χ0v) is 17.4. The van der Waals surface area contributed by atoms with Gasteiger partial charge in [0, 0.05) is 18.2 Å². The van der Waals surface area contributed by atoms with Gasteiger partial charge >= 0.3 is 5.97 Å². The Balaban J connectivity index is 1.52. The quantitative estimate of drug-likeness (QED) is 0.344. The smallest absolute Gasteiger partial charge is 0.310 e. The molecule has 0 N–H and O–H groups in total. The second kappa shape index (κ2) is 9.07. The van der Waals surface area contributed by atoms with Gasteiger partial charge in [-0.05, 0) is 29.5 Å². The van der Waals surface area contributed by atoms with Crippen molar-refractivity contribution >= 4 is 12.2 Å². The number of hydrogen-bond acceptors (Lipinski definition) is 6. The van der Waals surface area contributed by atoms with Crippen LogP contribution in [0.5, 0.6) is 11.6 Å². The molecule has 0 amide bonds. The molecule has 1 aliphatic carbocycles. The minimum Gasteiger partial charge on any atom is -0.459 e. The van der Waals surface area contributed by atoms with Crippen LogP contribution in [0.1, 0.15) is 33.4 Å². The van der Waals surface area contributed by atoms with Crippen LogP contribution in [0, 0.1) is 23.2 Å². The number of hydrogen-bond donors (Lipinski definition) is 0.